The van der Waals surface area contributed by atoms with Gasteiger partial charge in [-0.1, -0.05) is 0 Å². The average molecular weight is 382 g/mol. The van der Waals surface area contributed by atoms with Crippen molar-refractivity contribution in [2.45, 2.75) is 12.5 Å². The van der Waals surface area contributed by atoms with Crippen LogP contribution >= 0.6 is 15.9 Å². The maximum Gasteiger partial charge on any atom is 0.573 e. The van der Waals surface area contributed by atoms with Gasteiger partial charge in [-0.3, -0.25) is 0 Å². The summed E-state index contributed by atoms with van der Waals surface area (Å²) in [5.74, 6) is -0.415. The first-order valence-electron chi connectivity index (χ1n) is 5.50. The number of halogens is 7. The lowest BCUT2D eigenvalue weighted by atomic mass is 10.3. The van der Waals surface area contributed by atoms with Gasteiger partial charge in [-0.2, -0.15) is 13.2 Å². The Labute approximate surface area is 124 Å². The van der Waals surface area contributed by atoms with Crippen LogP contribution in [0.25, 0.3) is 0 Å². The summed E-state index contributed by atoms with van der Waals surface area (Å²) in [6.45, 7) is -1.48. The molecule has 0 heterocycles. The normalized spacial score (nSPS) is 12.3. The van der Waals surface area contributed by atoms with Crippen molar-refractivity contribution < 1.29 is 35.8 Å². The molecule has 1 aromatic rings. The molecule has 0 unspecified atom stereocenters. The van der Waals surface area contributed by atoms with Crippen molar-refractivity contribution >= 4 is 21.6 Å². The predicted octanol–water partition coefficient (Wildman–Crippen LogP) is 4.34. The van der Waals surface area contributed by atoms with Crippen molar-refractivity contribution in [2.24, 2.45) is 0 Å². The summed E-state index contributed by atoms with van der Waals surface area (Å²) in [5, 5.41) is 2.70. The molecule has 0 aliphatic rings. The molecular formula is C11H10BrF6NO2. The highest BCUT2D eigenvalue weighted by molar-refractivity contribution is 9.10. The molecule has 0 saturated heterocycles. The first-order chi connectivity index (χ1) is 9.57. The molecule has 0 aliphatic heterocycles. The molecule has 1 N–H and O–H groups in total. The number of alkyl halides is 6. The minimum atomic E-state index is -4.80. The lowest BCUT2D eigenvalue weighted by molar-refractivity contribution is -0.274. The molecule has 0 radical (unpaired) electrons. The van der Waals surface area contributed by atoms with Crippen LogP contribution in [0.4, 0.5) is 32.0 Å². The quantitative estimate of drug-likeness (QED) is 0.587. The zero-order chi connectivity index (χ0) is 16.1. The van der Waals surface area contributed by atoms with Crippen LogP contribution in [0.15, 0.2) is 22.7 Å². The van der Waals surface area contributed by atoms with E-state index in [4.69, 9.17) is 0 Å². The van der Waals surface area contributed by atoms with Crippen molar-refractivity contribution in [2.75, 3.05) is 25.1 Å². The van der Waals surface area contributed by atoms with Gasteiger partial charge in [0.25, 0.3) is 0 Å². The molecule has 0 bridgehead atoms. The van der Waals surface area contributed by atoms with E-state index < -0.39 is 24.9 Å². The highest BCUT2D eigenvalue weighted by Crippen LogP contribution is 2.32. The van der Waals surface area contributed by atoms with E-state index in [1.54, 1.807) is 0 Å². The van der Waals surface area contributed by atoms with Gasteiger partial charge in [0.05, 0.1) is 11.1 Å². The number of rotatable bonds is 6. The molecule has 10 heteroatoms. The smallest absolute Gasteiger partial charge is 0.405 e. The predicted molar refractivity (Wildman–Crippen MR) is 66.2 cm³/mol. The van der Waals surface area contributed by atoms with E-state index in [0.717, 1.165) is 6.07 Å². The first kappa shape index (κ1) is 17.9. The summed E-state index contributed by atoms with van der Waals surface area (Å²) in [4.78, 5) is 0. The summed E-state index contributed by atoms with van der Waals surface area (Å²) in [5.41, 5.74) is 0.409. The lowest BCUT2D eigenvalue weighted by Gasteiger charge is -2.13. The van der Waals surface area contributed by atoms with Crippen molar-refractivity contribution in [3.8, 4) is 5.75 Å². The molecule has 0 spiro atoms. The maximum absolute atomic E-state index is 12.0. The van der Waals surface area contributed by atoms with Crippen LogP contribution in [0.2, 0.25) is 0 Å². The number of nitrogens with one attached hydrogen (secondary N) is 1. The standard InChI is InChI=1S/C11H10BrF6NO2/c12-8-5-7(1-2-9(8)21-11(16,17)18)19-3-4-20-6-10(13,14)15/h1-2,5,19H,3-4,6H2. The fourth-order valence-electron chi connectivity index (χ4n) is 1.27. The van der Waals surface area contributed by atoms with Crippen molar-refractivity contribution in [1.82, 2.24) is 0 Å². The highest BCUT2D eigenvalue weighted by atomic mass is 79.9. The van der Waals surface area contributed by atoms with E-state index in [1.807, 2.05) is 0 Å². The van der Waals surface area contributed by atoms with Crippen LogP contribution < -0.4 is 10.1 Å². The second-order valence-corrected chi connectivity index (χ2v) is 4.64. The monoisotopic (exact) mass is 381 g/mol. The zero-order valence-electron chi connectivity index (χ0n) is 10.3. The Morgan fingerprint density at radius 3 is 2.29 bits per heavy atom. The van der Waals surface area contributed by atoms with E-state index >= 15 is 0 Å². The van der Waals surface area contributed by atoms with Gasteiger partial charge in [-0.15, -0.1) is 13.2 Å². The summed E-state index contributed by atoms with van der Waals surface area (Å²) in [6.07, 6.45) is -9.19. The fourth-order valence-corrected chi connectivity index (χ4v) is 1.73. The van der Waals surface area contributed by atoms with E-state index in [1.165, 1.54) is 12.1 Å². The van der Waals surface area contributed by atoms with E-state index in [-0.39, 0.29) is 17.6 Å². The van der Waals surface area contributed by atoms with Gasteiger partial charge >= 0.3 is 12.5 Å². The van der Waals surface area contributed by atoms with Gasteiger partial charge in [-0.05, 0) is 34.1 Å². The third-order valence-corrected chi connectivity index (χ3v) is 2.62. The molecule has 0 atom stereocenters. The molecule has 3 nitrogen and oxygen atoms in total. The highest BCUT2D eigenvalue weighted by Gasteiger charge is 2.32. The number of anilines is 1. The minimum Gasteiger partial charge on any atom is -0.405 e. The first-order valence-corrected chi connectivity index (χ1v) is 6.30. The molecule has 120 valence electrons. The molecule has 0 amide bonds. The summed E-state index contributed by atoms with van der Waals surface area (Å²) < 4.78 is 79.6. The summed E-state index contributed by atoms with van der Waals surface area (Å²) >= 11 is 2.90. The second kappa shape index (κ2) is 7.21. The van der Waals surface area contributed by atoms with Crippen molar-refractivity contribution in [3.63, 3.8) is 0 Å². The number of ether oxygens (including phenoxy) is 2. The van der Waals surface area contributed by atoms with E-state index in [2.05, 4.69) is 30.7 Å². The SMILES string of the molecule is FC(F)(F)COCCNc1ccc(OC(F)(F)F)c(Br)c1. The zero-order valence-corrected chi connectivity index (χ0v) is 11.9. The van der Waals surface area contributed by atoms with Gasteiger partial charge in [0, 0.05) is 12.2 Å². The van der Waals surface area contributed by atoms with Gasteiger partial charge in [0.2, 0.25) is 0 Å². The third-order valence-electron chi connectivity index (χ3n) is 2.00. The van der Waals surface area contributed by atoms with Crippen LogP contribution in [-0.2, 0) is 4.74 Å². The molecule has 0 aliphatic carbocycles. The Hall–Kier alpha value is -1.16. The van der Waals surface area contributed by atoms with Gasteiger partial charge in [-0.25, -0.2) is 0 Å². The molecule has 0 aromatic heterocycles. The lowest BCUT2D eigenvalue weighted by Crippen LogP contribution is -2.20. The van der Waals surface area contributed by atoms with Gasteiger partial charge in [0.1, 0.15) is 12.4 Å². The number of hydrogen-bond acceptors (Lipinski definition) is 3. The Balaban J connectivity index is 2.42. The Morgan fingerprint density at radius 2 is 1.76 bits per heavy atom. The van der Waals surface area contributed by atoms with Gasteiger partial charge in [0.15, 0.2) is 0 Å². The largest absolute Gasteiger partial charge is 0.573 e. The second-order valence-electron chi connectivity index (χ2n) is 3.79. The topological polar surface area (TPSA) is 30.5 Å². The maximum atomic E-state index is 12.0. The Kier molecular flexibility index (Phi) is 6.14. The summed E-state index contributed by atoms with van der Waals surface area (Å²) in [6, 6.07) is 3.69. The number of benzene rings is 1. The number of hydrogen-bond donors (Lipinski definition) is 1. The Morgan fingerprint density at radius 1 is 1.10 bits per heavy atom. The van der Waals surface area contributed by atoms with Crippen LogP contribution in [0.1, 0.15) is 0 Å². The van der Waals surface area contributed by atoms with Crippen LogP contribution in [0.5, 0.6) is 5.75 Å². The van der Waals surface area contributed by atoms with E-state index in [0.29, 0.717) is 5.69 Å². The van der Waals surface area contributed by atoms with E-state index in [9.17, 15) is 26.3 Å². The van der Waals surface area contributed by atoms with Gasteiger partial charge < -0.3 is 14.8 Å². The minimum absolute atomic E-state index is 0.0565. The third kappa shape index (κ3) is 8.00. The van der Waals surface area contributed by atoms with Crippen LogP contribution in [-0.4, -0.2) is 32.3 Å². The van der Waals surface area contributed by atoms with Crippen molar-refractivity contribution in [3.05, 3.63) is 22.7 Å². The summed E-state index contributed by atoms with van der Waals surface area (Å²) in [7, 11) is 0. The van der Waals surface area contributed by atoms with Crippen LogP contribution in [0, 0.1) is 0 Å². The molecule has 1 aromatic carbocycles. The van der Waals surface area contributed by atoms with Crippen LogP contribution in [0.3, 0.4) is 0 Å². The fraction of sp³-hybridized carbons (Fsp3) is 0.455. The van der Waals surface area contributed by atoms with Crippen molar-refractivity contribution in [1.29, 1.82) is 0 Å². The molecule has 21 heavy (non-hydrogen) atoms. The molecular weight excluding hydrogens is 372 g/mol. The molecule has 0 fully saturated rings. The molecule has 1 rings (SSSR count). The Bertz CT molecular complexity index is 463. The molecule has 0 saturated carbocycles. The average Bonchev–Trinajstić information content (AvgIpc) is 2.29.